The van der Waals surface area contributed by atoms with E-state index >= 15 is 0 Å². The molecule has 4 rings (SSSR count). The second kappa shape index (κ2) is 10.8. The topological polar surface area (TPSA) is 75.4 Å². The van der Waals surface area contributed by atoms with Gasteiger partial charge in [0.2, 0.25) is 5.91 Å². The Balaban J connectivity index is 0.000000668. The molecule has 1 saturated heterocycles. The second-order valence-electron chi connectivity index (χ2n) is 9.82. The zero-order chi connectivity index (χ0) is 23.3. The van der Waals surface area contributed by atoms with E-state index < -0.39 is 6.04 Å². The van der Waals surface area contributed by atoms with Crippen LogP contribution in [0, 0.1) is 18.8 Å². The molecule has 2 aliphatic rings. The second-order valence-corrected chi connectivity index (χ2v) is 9.82. The number of hydrogen-bond acceptors (Lipinski definition) is 4. The first kappa shape index (κ1) is 24.0. The molecule has 2 aromatic rings. The summed E-state index contributed by atoms with van der Waals surface area (Å²) < 4.78 is 5.41. The van der Waals surface area contributed by atoms with Crippen molar-refractivity contribution in [2.75, 3.05) is 6.54 Å². The van der Waals surface area contributed by atoms with E-state index in [1.54, 1.807) is 17.9 Å². The van der Waals surface area contributed by atoms with E-state index in [9.17, 15) is 9.59 Å². The number of nitrogens with one attached hydrogen (secondary N) is 1. The van der Waals surface area contributed by atoms with E-state index in [2.05, 4.69) is 31.2 Å². The van der Waals surface area contributed by atoms with Crippen LogP contribution in [-0.4, -0.2) is 40.5 Å². The Kier molecular flexibility index (Phi) is 8.10. The number of rotatable bonds is 3. The summed E-state index contributed by atoms with van der Waals surface area (Å²) >= 11 is 0. The summed E-state index contributed by atoms with van der Waals surface area (Å²) in [5.74, 6) is 1.50. The highest BCUT2D eigenvalue weighted by atomic mass is 16.5. The molecule has 0 spiro atoms. The Bertz CT molecular complexity index is 895. The Hall–Kier alpha value is -2.63. The number of carbonyl (C=O) groups is 2. The van der Waals surface area contributed by atoms with Gasteiger partial charge in [0.1, 0.15) is 6.04 Å². The van der Waals surface area contributed by atoms with Gasteiger partial charge >= 0.3 is 0 Å². The van der Waals surface area contributed by atoms with E-state index in [0.717, 1.165) is 29.9 Å². The molecule has 174 valence electrons. The van der Waals surface area contributed by atoms with Gasteiger partial charge in [-0.2, -0.15) is 0 Å². The standard InChI is InChI=1S/C22H27N3O3.C4H10/c1-14-8-10-17(11-9-14)20-12-18(24-28-20)22(27)25-13-19(23-21(26)15(25)2)16-6-4-3-5-7-16;1-4(2)3/h8-12,15-16,19H,3-7,13H2,1-2H3,(H,23,26);4H,1-3H3. The molecule has 1 N–H and O–H groups in total. The molecule has 0 radical (unpaired) electrons. The lowest BCUT2D eigenvalue weighted by Crippen LogP contribution is -2.62. The molecular weight excluding hydrogens is 402 g/mol. The number of carbonyl (C=O) groups excluding carboxylic acids is 2. The Morgan fingerprint density at radius 3 is 2.38 bits per heavy atom. The van der Waals surface area contributed by atoms with Crippen molar-refractivity contribution in [2.45, 2.75) is 78.8 Å². The summed E-state index contributed by atoms with van der Waals surface area (Å²) in [4.78, 5) is 27.3. The molecule has 2 atom stereocenters. The molecule has 1 aromatic carbocycles. The van der Waals surface area contributed by atoms with Crippen molar-refractivity contribution in [3.8, 4) is 11.3 Å². The molecule has 2 amide bonds. The van der Waals surface area contributed by atoms with Crippen molar-refractivity contribution >= 4 is 11.8 Å². The summed E-state index contributed by atoms with van der Waals surface area (Å²) in [5, 5.41) is 7.12. The van der Waals surface area contributed by atoms with Gasteiger partial charge in [0, 0.05) is 24.2 Å². The third-order valence-corrected chi connectivity index (χ3v) is 6.11. The van der Waals surface area contributed by atoms with Gasteiger partial charge in [0.15, 0.2) is 11.5 Å². The van der Waals surface area contributed by atoms with E-state index in [1.807, 2.05) is 31.2 Å². The van der Waals surface area contributed by atoms with Gasteiger partial charge < -0.3 is 14.7 Å². The summed E-state index contributed by atoms with van der Waals surface area (Å²) in [5.41, 5.74) is 2.28. The van der Waals surface area contributed by atoms with Crippen molar-refractivity contribution in [1.82, 2.24) is 15.4 Å². The predicted molar refractivity (Wildman–Crippen MR) is 126 cm³/mol. The first-order chi connectivity index (χ1) is 15.3. The van der Waals surface area contributed by atoms with E-state index in [1.165, 1.54) is 19.3 Å². The molecule has 1 saturated carbocycles. The van der Waals surface area contributed by atoms with Crippen LogP contribution in [0.2, 0.25) is 0 Å². The number of nitrogens with zero attached hydrogens (tertiary/aromatic N) is 2. The lowest BCUT2D eigenvalue weighted by molar-refractivity contribution is -0.129. The number of hydrogen-bond donors (Lipinski definition) is 1. The highest BCUT2D eigenvalue weighted by Crippen LogP contribution is 2.29. The first-order valence-corrected chi connectivity index (χ1v) is 11.9. The maximum atomic E-state index is 13.1. The summed E-state index contributed by atoms with van der Waals surface area (Å²) in [6, 6.07) is 9.06. The van der Waals surface area contributed by atoms with Crippen molar-refractivity contribution in [3.63, 3.8) is 0 Å². The van der Waals surface area contributed by atoms with Crippen LogP contribution in [0.5, 0.6) is 0 Å². The monoisotopic (exact) mass is 439 g/mol. The lowest BCUT2D eigenvalue weighted by Gasteiger charge is -2.41. The SMILES string of the molecule is CC(C)C.Cc1ccc(-c2cc(C(=O)N3CC(C4CCCCC4)NC(=O)C3C)no2)cc1. The van der Waals surface area contributed by atoms with Crippen molar-refractivity contribution in [2.24, 2.45) is 11.8 Å². The molecule has 6 heteroatoms. The Morgan fingerprint density at radius 1 is 1.12 bits per heavy atom. The van der Waals surface area contributed by atoms with Crippen LogP contribution in [-0.2, 0) is 4.79 Å². The molecule has 32 heavy (non-hydrogen) atoms. The van der Waals surface area contributed by atoms with Gasteiger partial charge in [0.25, 0.3) is 5.91 Å². The van der Waals surface area contributed by atoms with E-state index in [-0.39, 0.29) is 23.6 Å². The Morgan fingerprint density at radius 2 is 1.75 bits per heavy atom. The number of aromatic nitrogens is 1. The number of amides is 2. The summed E-state index contributed by atoms with van der Waals surface area (Å²) in [6.45, 7) is 10.8. The molecule has 6 nitrogen and oxygen atoms in total. The van der Waals surface area contributed by atoms with Gasteiger partial charge in [-0.05, 0) is 38.5 Å². The number of piperazine rings is 1. The van der Waals surface area contributed by atoms with Crippen LogP contribution in [0.25, 0.3) is 11.3 Å². The van der Waals surface area contributed by atoms with Crippen LogP contribution >= 0.6 is 0 Å². The number of aryl methyl sites for hydroxylation is 1. The molecule has 1 aromatic heterocycles. The maximum absolute atomic E-state index is 13.1. The van der Waals surface area contributed by atoms with Gasteiger partial charge in [-0.1, -0.05) is 75.0 Å². The van der Waals surface area contributed by atoms with Gasteiger partial charge in [-0.3, -0.25) is 9.59 Å². The van der Waals surface area contributed by atoms with Crippen molar-refractivity contribution in [3.05, 3.63) is 41.6 Å². The molecular formula is C26H37N3O3. The van der Waals surface area contributed by atoms with Crippen LogP contribution in [0.3, 0.4) is 0 Å². The smallest absolute Gasteiger partial charge is 0.276 e. The minimum atomic E-state index is -0.508. The van der Waals surface area contributed by atoms with E-state index in [0.29, 0.717) is 18.2 Å². The van der Waals surface area contributed by atoms with Crippen LogP contribution in [0.1, 0.15) is 75.9 Å². The fourth-order valence-corrected chi connectivity index (χ4v) is 4.30. The van der Waals surface area contributed by atoms with Crippen molar-refractivity contribution in [1.29, 1.82) is 0 Å². The largest absolute Gasteiger partial charge is 0.355 e. The van der Waals surface area contributed by atoms with Crippen molar-refractivity contribution < 1.29 is 14.1 Å². The van der Waals surface area contributed by atoms with Gasteiger partial charge in [-0.25, -0.2) is 0 Å². The summed E-state index contributed by atoms with van der Waals surface area (Å²) in [6.07, 6.45) is 5.89. The average Bonchev–Trinajstić information content (AvgIpc) is 3.26. The van der Waals surface area contributed by atoms with Crippen LogP contribution < -0.4 is 5.32 Å². The zero-order valence-electron chi connectivity index (χ0n) is 20.1. The molecule has 2 fully saturated rings. The fourth-order valence-electron chi connectivity index (χ4n) is 4.30. The highest BCUT2D eigenvalue weighted by Gasteiger charge is 2.39. The summed E-state index contributed by atoms with van der Waals surface area (Å²) in [7, 11) is 0. The normalized spacial score (nSPS) is 21.7. The minimum absolute atomic E-state index is 0.0245. The first-order valence-electron chi connectivity index (χ1n) is 11.9. The molecule has 2 heterocycles. The molecule has 2 unspecified atom stereocenters. The predicted octanol–water partition coefficient (Wildman–Crippen LogP) is 5.22. The van der Waals surface area contributed by atoms with Gasteiger partial charge in [-0.15, -0.1) is 0 Å². The average molecular weight is 440 g/mol. The van der Waals surface area contributed by atoms with Crippen LogP contribution in [0.15, 0.2) is 34.9 Å². The minimum Gasteiger partial charge on any atom is -0.355 e. The molecule has 0 bridgehead atoms. The molecule has 1 aliphatic heterocycles. The van der Waals surface area contributed by atoms with Gasteiger partial charge in [0.05, 0.1) is 0 Å². The molecule has 1 aliphatic carbocycles. The quantitative estimate of drug-likeness (QED) is 0.711. The third kappa shape index (κ3) is 5.99. The Labute approximate surface area is 191 Å². The highest BCUT2D eigenvalue weighted by molar-refractivity contribution is 5.97. The number of benzene rings is 1. The third-order valence-electron chi connectivity index (χ3n) is 6.11. The fraction of sp³-hybridized carbons (Fsp3) is 0.577. The van der Waals surface area contributed by atoms with E-state index in [4.69, 9.17) is 4.52 Å². The van der Waals surface area contributed by atoms with Crippen LogP contribution in [0.4, 0.5) is 0 Å². The maximum Gasteiger partial charge on any atom is 0.276 e. The lowest BCUT2D eigenvalue weighted by atomic mass is 9.82. The zero-order valence-corrected chi connectivity index (χ0v) is 20.1.